The van der Waals surface area contributed by atoms with Crippen molar-refractivity contribution in [1.29, 1.82) is 0 Å². The molecule has 0 atom stereocenters. The molecule has 0 rings (SSSR count). The average Bonchev–Trinajstić information content (AvgIpc) is 1.99. The fraction of sp³-hybridized carbons (Fsp3) is 0.667. The number of allylic oxidation sites excluding steroid dienone is 2. The highest BCUT2D eigenvalue weighted by atomic mass is 16.5. The van der Waals surface area contributed by atoms with Gasteiger partial charge < -0.3 is 4.74 Å². The van der Waals surface area contributed by atoms with Crippen LogP contribution in [0.4, 0.5) is 0 Å². The first-order valence-electron chi connectivity index (χ1n) is 3.87. The van der Waals surface area contributed by atoms with E-state index in [0.29, 0.717) is 11.8 Å². The molecular formula is C9H17NO. The van der Waals surface area contributed by atoms with E-state index in [4.69, 9.17) is 4.74 Å². The molecule has 2 nitrogen and oxygen atoms in total. The average molecular weight is 155 g/mol. The molecule has 0 aliphatic rings. The monoisotopic (exact) mass is 155 g/mol. The second-order valence-electron chi connectivity index (χ2n) is 2.70. The Morgan fingerprint density at radius 3 is 2.27 bits per heavy atom. The summed E-state index contributed by atoms with van der Waals surface area (Å²) in [6, 6.07) is 0. The molecule has 0 aromatic heterocycles. The van der Waals surface area contributed by atoms with Gasteiger partial charge in [0.1, 0.15) is 0 Å². The van der Waals surface area contributed by atoms with E-state index in [1.165, 1.54) is 0 Å². The first-order valence-corrected chi connectivity index (χ1v) is 3.87. The van der Waals surface area contributed by atoms with E-state index >= 15 is 0 Å². The molecule has 0 N–H and O–H groups in total. The van der Waals surface area contributed by atoms with Crippen LogP contribution in [0.15, 0.2) is 16.8 Å². The van der Waals surface area contributed by atoms with Crippen molar-refractivity contribution in [3.63, 3.8) is 0 Å². The van der Waals surface area contributed by atoms with Gasteiger partial charge in [-0.3, -0.25) is 0 Å². The highest BCUT2D eigenvalue weighted by Gasteiger charge is 1.99. The smallest absolute Gasteiger partial charge is 0.184 e. The number of hydrogen-bond donors (Lipinski definition) is 0. The largest absolute Gasteiger partial charge is 0.484 e. The van der Waals surface area contributed by atoms with Crippen LogP contribution in [0.5, 0.6) is 0 Å². The maximum Gasteiger partial charge on any atom is 0.184 e. The molecule has 0 unspecified atom stereocenters. The second-order valence-corrected chi connectivity index (χ2v) is 2.70. The van der Waals surface area contributed by atoms with Crippen molar-refractivity contribution >= 4 is 5.90 Å². The fourth-order valence-electron chi connectivity index (χ4n) is 0.754. The summed E-state index contributed by atoms with van der Waals surface area (Å²) in [4.78, 5) is 4.27. The van der Waals surface area contributed by atoms with Crippen LogP contribution in [-0.4, -0.2) is 13.0 Å². The molecule has 2 heteroatoms. The van der Waals surface area contributed by atoms with Crippen molar-refractivity contribution in [2.45, 2.75) is 27.7 Å². The summed E-state index contributed by atoms with van der Waals surface area (Å²) >= 11 is 0. The van der Waals surface area contributed by atoms with Crippen LogP contribution in [0.1, 0.15) is 27.7 Å². The van der Waals surface area contributed by atoms with Gasteiger partial charge in [-0.15, -0.1) is 0 Å². The lowest BCUT2D eigenvalue weighted by molar-refractivity contribution is 0.398. The van der Waals surface area contributed by atoms with Crippen LogP contribution in [0.2, 0.25) is 0 Å². The van der Waals surface area contributed by atoms with Gasteiger partial charge in [-0.05, 0) is 12.8 Å². The Morgan fingerprint density at radius 2 is 2.00 bits per heavy atom. The molecule has 0 saturated heterocycles. The van der Waals surface area contributed by atoms with E-state index in [0.717, 1.165) is 5.70 Å². The molecule has 0 radical (unpaired) electrons. The lowest BCUT2D eigenvalue weighted by Gasteiger charge is -2.05. The van der Waals surface area contributed by atoms with Crippen molar-refractivity contribution in [3.05, 3.63) is 11.8 Å². The summed E-state index contributed by atoms with van der Waals surface area (Å²) < 4.78 is 4.94. The predicted molar refractivity (Wildman–Crippen MR) is 48.7 cm³/mol. The molecule has 0 aromatic carbocycles. The Hall–Kier alpha value is -0.790. The topological polar surface area (TPSA) is 21.6 Å². The van der Waals surface area contributed by atoms with Crippen molar-refractivity contribution in [1.82, 2.24) is 0 Å². The Balaban J connectivity index is 4.32. The molecule has 0 heterocycles. The Kier molecular flexibility index (Phi) is 4.59. The van der Waals surface area contributed by atoms with E-state index in [-0.39, 0.29) is 0 Å². The first kappa shape index (κ1) is 10.2. The molecule has 0 aliphatic carbocycles. The number of hydrogen-bond acceptors (Lipinski definition) is 2. The van der Waals surface area contributed by atoms with Gasteiger partial charge in [0.2, 0.25) is 0 Å². The van der Waals surface area contributed by atoms with Crippen molar-refractivity contribution in [2.75, 3.05) is 7.11 Å². The van der Waals surface area contributed by atoms with Crippen LogP contribution in [0, 0.1) is 5.92 Å². The van der Waals surface area contributed by atoms with Gasteiger partial charge in [0.05, 0.1) is 7.11 Å². The minimum Gasteiger partial charge on any atom is -0.484 e. The lowest BCUT2D eigenvalue weighted by Crippen LogP contribution is -1.98. The molecule has 0 aromatic rings. The third-order valence-corrected chi connectivity index (χ3v) is 1.47. The Bertz CT molecular complexity index is 168. The number of rotatable bonds is 2. The van der Waals surface area contributed by atoms with Gasteiger partial charge in [0, 0.05) is 12.6 Å². The Labute approximate surface area is 69.0 Å². The minimum absolute atomic E-state index is 0.463. The SMILES string of the molecule is C/C=C(\N=C(/C)OC)C(C)C. The van der Waals surface area contributed by atoms with Gasteiger partial charge in [0.15, 0.2) is 5.90 Å². The Morgan fingerprint density at radius 1 is 1.45 bits per heavy atom. The normalized spacial score (nSPS) is 14.0. The summed E-state index contributed by atoms with van der Waals surface area (Å²) in [6.45, 7) is 8.07. The molecule has 0 saturated carbocycles. The molecule has 0 fully saturated rings. The van der Waals surface area contributed by atoms with Crippen molar-refractivity contribution in [2.24, 2.45) is 10.9 Å². The number of aliphatic imine (C=N–C) groups is 1. The van der Waals surface area contributed by atoms with Gasteiger partial charge in [-0.25, -0.2) is 4.99 Å². The van der Waals surface area contributed by atoms with Crippen LogP contribution in [-0.2, 0) is 4.74 Å². The highest BCUT2D eigenvalue weighted by molar-refractivity contribution is 5.74. The van der Waals surface area contributed by atoms with Crippen LogP contribution >= 0.6 is 0 Å². The first-order chi connectivity index (χ1) is 5.11. The number of methoxy groups -OCH3 is 1. The fourth-order valence-corrected chi connectivity index (χ4v) is 0.754. The predicted octanol–water partition coefficient (Wildman–Crippen LogP) is 2.61. The summed E-state index contributed by atoms with van der Waals surface area (Å²) in [7, 11) is 1.63. The molecule has 0 amide bonds. The zero-order valence-electron chi connectivity index (χ0n) is 8.01. The zero-order valence-corrected chi connectivity index (χ0v) is 8.01. The van der Waals surface area contributed by atoms with E-state index < -0.39 is 0 Å². The molecular weight excluding hydrogens is 138 g/mol. The summed E-state index contributed by atoms with van der Waals surface area (Å²) in [5, 5.41) is 0. The zero-order chi connectivity index (χ0) is 8.85. The highest BCUT2D eigenvalue weighted by Crippen LogP contribution is 2.10. The number of nitrogens with zero attached hydrogens (tertiary/aromatic N) is 1. The molecule has 0 bridgehead atoms. The van der Waals surface area contributed by atoms with Crippen molar-refractivity contribution in [3.8, 4) is 0 Å². The lowest BCUT2D eigenvalue weighted by atomic mass is 10.1. The van der Waals surface area contributed by atoms with Gasteiger partial charge in [-0.1, -0.05) is 19.9 Å². The van der Waals surface area contributed by atoms with Gasteiger partial charge >= 0.3 is 0 Å². The third-order valence-electron chi connectivity index (χ3n) is 1.47. The maximum absolute atomic E-state index is 4.94. The van der Waals surface area contributed by atoms with Crippen molar-refractivity contribution < 1.29 is 4.74 Å². The number of ether oxygens (including phenoxy) is 1. The summed E-state index contributed by atoms with van der Waals surface area (Å²) in [5.41, 5.74) is 1.07. The quantitative estimate of drug-likeness (QED) is 0.443. The van der Waals surface area contributed by atoms with Gasteiger partial charge in [0.25, 0.3) is 0 Å². The van der Waals surface area contributed by atoms with E-state index in [2.05, 4.69) is 18.8 Å². The van der Waals surface area contributed by atoms with Crippen LogP contribution in [0.3, 0.4) is 0 Å². The van der Waals surface area contributed by atoms with Gasteiger partial charge in [-0.2, -0.15) is 0 Å². The standard InChI is InChI=1S/C9H17NO/c1-6-9(7(2)3)10-8(4)11-5/h6-7H,1-5H3/b9-6-,10-8+. The summed E-state index contributed by atoms with van der Waals surface area (Å²) in [6.07, 6.45) is 2.01. The molecule has 64 valence electrons. The summed E-state index contributed by atoms with van der Waals surface area (Å²) in [5.74, 6) is 1.18. The second kappa shape index (κ2) is 4.94. The van der Waals surface area contributed by atoms with E-state index in [1.54, 1.807) is 7.11 Å². The minimum atomic E-state index is 0.463. The van der Waals surface area contributed by atoms with E-state index in [1.807, 2.05) is 19.9 Å². The maximum atomic E-state index is 4.94. The van der Waals surface area contributed by atoms with Crippen LogP contribution in [0.25, 0.3) is 0 Å². The molecule has 0 spiro atoms. The molecule has 0 aliphatic heterocycles. The third kappa shape index (κ3) is 3.81. The molecule has 11 heavy (non-hydrogen) atoms. The van der Waals surface area contributed by atoms with Crippen LogP contribution < -0.4 is 0 Å². The van der Waals surface area contributed by atoms with E-state index in [9.17, 15) is 0 Å².